The number of methoxy groups -OCH3 is 1. The first-order valence-electron chi connectivity index (χ1n) is 8.45. The first kappa shape index (κ1) is 18.0. The van der Waals surface area contributed by atoms with Crippen molar-refractivity contribution in [1.29, 1.82) is 0 Å². The Kier molecular flexibility index (Phi) is 7.15. The summed E-state index contributed by atoms with van der Waals surface area (Å²) in [7, 11) is 1.68. The molecular weight excluding hydrogens is 292 g/mol. The maximum Gasteiger partial charge on any atom is 0.161 e. The van der Waals surface area contributed by atoms with Gasteiger partial charge in [0.05, 0.1) is 26.4 Å². The van der Waals surface area contributed by atoms with Crippen LogP contribution in [0.2, 0.25) is 0 Å². The summed E-state index contributed by atoms with van der Waals surface area (Å²) in [6.07, 6.45) is 0.140. The number of nitrogens with one attached hydrogen (secondary N) is 1. The quantitative estimate of drug-likeness (QED) is 0.795. The van der Waals surface area contributed by atoms with Gasteiger partial charge < -0.3 is 19.5 Å². The van der Waals surface area contributed by atoms with E-state index in [2.05, 4.69) is 23.2 Å². The lowest BCUT2D eigenvalue weighted by Gasteiger charge is -2.29. The van der Waals surface area contributed by atoms with Crippen molar-refractivity contribution in [2.45, 2.75) is 39.5 Å². The SMILES string of the molecule is COc1cc(CNC(C)CN2CCOCC2)ccc1OC(C)C. The lowest BCUT2D eigenvalue weighted by atomic mass is 10.2. The third-order valence-electron chi connectivity index (χ3n) is 3.88. The largest absolute Gasteiger partial charge is 0.493 e. The van der Waals surface area contributed by atoms with Crippen molar-refractivity contribution in [3.8, 4) is 11.5 Å². The highest BCUT2D eigenvalue weighted by Crippen LogP contribution is 2.28. The molecule has 0 radical (unpaired) electrons. The zero-order valence-electron chi connectivity index (χ0n) is 14.8. The van der Waals surface area contributed by atoms with Crippen molar-refractivity contribution in [2.75, 3.05) is 40.0 Å². The van der Waals surface area contributed by atoms with E-state index < -0.39 is 0 Å². The molecule has 1 heterocycles. The predicted molar refractivity (Wildman–Crippen MR) is 92.3 cm³/mol. The summed E-state index contributed by atoms with van der Waals surface area (Å²) in [5, 5.41) is 3.58. The maximum absolute atomic E-state index is 5.75. The van der Waals surface area contributed by atoms with E-state index in [9.17, 15) is 0 Å². The number of hydrogen-bond donors (Lipinski definition) is 1. The molecule has 1 unspecified atom stereocenters. The van der Waals surface area contributed by atoms with Crippen molar-refractivity contribution in [2.24, 2.45) is 0 Å². The average Bonchev–Trinajstić information content (AvgIpc) is 2.54. The van der Waals surface area contributed by atoms with E-state index in [1.54, 1.807) is 7.11 Å². The van der Waals surface area contributed by atoms with Crippen LogP contribution in [-0.4, -0.2) is 57.0 Å². The number of benzene rings is 1. The highest BCUT2D eigenvalue weighted by molar-refractivity contribution is 5.43. The molecule has 130 valence electrons. The van der Waals surface area contributed by atoms with Crippen LogP contribution in [0.25, 0.3) is 0 Å². The Morgan fingerprint density at radius 3 is 2.57 bits per heavy atom. The molecule has 1 atom stereocenters. The Bertz CT molecular complexity index is 473. The van der Waals surface area contributed by atoms with Gasteiger partial charge in [0, 0.05) is 32.2 Å². The summed E-state index contributed by atoms with van der Waals surface area (Å²) in [5.74, 6) is 1.59. The van der Waals surface area contributed by atoms with Gasteiger partial charge in [-0.05, 0) is 38.5 Å². The third kappa shape index (κ3) is 6.01. The second kappa shape index (κ2) is 9.11. The van der Waals surface area contributed by atoms with Crippen molar-refractivity contribution in [1.82, 2.24) is 10.2 Å². The number of hydrogen-bond acceptors (Lipinski definition) is 5. The van der Waals surface area contributed by atoms with Crippen LogP contribution >= 0.6 is 0 Å². The van der Waals surface area contributed by atoms with Crippen molar-refractivity contribution in [3.05, 3.63) is 23.8 Å². The summed E-state index contributed by atoms with van der Waals surface area (Å²) in [6.45, 7) is 11.9. The Morgan fingerprint density at radius 2 is 1.91 bits per heavy atom. The van der Waals surface area contributed by atoms with Crippen LogP contribution in [-0.2, 0) is 11.3 Å². The topological polar surface area (TPSA) is 43.0 Å². The van der Waals surface area contributed by atoms with Gasteiger partial charge in [-0.3, -0.25) is 4.90 Å². The fourth-order valence-corrected chi connectivity index (χ4v) is 2.70. The Hall–Kier alpha value is -1.30. The van der Waals surface area contributed by atoms with E-state index >= 15 is 0 Å². The maximum atomic E-state index is 5.75. The third-order valence-corrected chi connectivity index (χ3v) is 3.88. The molecular formula is C18H30N2O3. The van der Waals surface area contributed by atoms with E-state index in [1.165, 1.54) is 5.56 Å². The van der Waals surface area contributed by atoms with Gasteiger partial charge in [0.15, 0.2) is 11.5 Å². The van der Waals surface area contributed by atoms with Gasteiger partial charge >= 0.3 is 0 Å². The van der Waals surface area contributed by atoms with Crippen LogP contribution in [0.4, 0.5) is 0 Å². The van der Waals surface area contributed by atoms with E-state index in [1.807, 2.05) is 26.0 Å². The molecule has 0 amide bonds. The number of nitrogens with zero attached hydrogens (tertiary/aromatic N) is 1. The predicted octanol–water partition coefficient (Wildman–Crippen LogP) is 2.29. The van der Waals surface area contributed by atoms with E-state index in [0.29, 0.717) is 6.04 Å². The Labute approximate surface area is 139 Å². The molecule has 1 aromatic rings. The minimum Gasteiger partial charge on any atom is -0.493 e. The second-order valence-electron chi connectivity index (χ2n) is 6.35. The zero-order chi connectivity index (χ0) is 16.7. The van der Waals surface area contributed by atoms with Gasteiger partial charge in [-0.2, -0.15) is 0 Å². The molecule has 1 aliphatic heterocycles. The lowest BCUT2D eigenvalue weighted by Crippen LogP contribution is -2.44. The molecule has 0 saturated carbocycles. The number of morpholine rings is 1. The second-order valence-corrected chi connectivity index (χ2v) is 6.35. The van der Waals surface area contributed by atoms with Crippen molar-refractivity contribution < 1.29 is 14.2 Å². The molecule has 5 heteroatoms. The van der Waals surface area contributed by atoms with Crippen LogP contribution in [0.15, 0.2) is 18.2 Å². The Balaban J connectivity index is 1.84. The molecule has 0 aliphatic carbocycles. The first-order valence-corrected chi connectivity index (χ1v) is 8.45. The minimum absolute atomic E-state index is 0.140. The average molecular weight is 322 g/mol. The first-order chi connectivity index (χ1) is 11.1. The van der Waals surface area contributed by atoms with Crippen molar-refractivity contribution in [3.63, 3.8) is 0 Å². The number of rotatable bonds is 8. The summed E-state index contributed by atoms with van der Waals surface area (Å²) in [6, 6.07) is 6.56. The molecule has 0 bridgehead atoms. The highest BCUT2D eigenvalue weighted by Gasteiger charge is 2.14. The van der Waals surface area contributed by atoms with Gasteiger partial charge in [0.1, 0.15) is 0 Å². The molecule has 23 heavy (non-hydrogen) atoms. The minimum atomic E-state index is 0.140. The summed E-state index contributed by atoms with van der Waals surface area (Å²) < 4.78 is 16.6. The van der Waals surface area contributed by atoms with Crippen LogP contribution in [0.3, 0.4) is 0 Å². The summed E-state index contributed by atoms with van der Waals surface area (Å²) >= 11 is 0. The monoisotopic (exact) mass is 322 g/mol. The van der Waals surface area contributed by atoms with Crippen LogP contribution in [0.5, 0.6) is 11.5 Å². The van der Waals surface area contributed by atoms with Gasteiger partial charge in [-0.25, -0.2) is 0 Å². The molecule has 5 nitrogen and oxygen atoms in total. The standard InChI is InChI=1S/C18H30N2O3/c1-14(2)23-17-6-5-16(11-18(17)21-4)12-19-15(3)13-20-7-9-22-10-8-20/h5-6,11,14-15,19H,7-10,12-13H2,1-4H3. The molecule has 1 saturated heterocycles. The van der Waals surface area contributed by atoms with E-state index in [-0.39, 0.29) is 6.10 Å². The van der Waals surface area contributed by atoms with Gasteiger partial charge in [0.25, 0.3) is 0 Å². The van der Waals surface area contributed by atoms with Crippen LogP contribution < -0.4 is 14.8 Å². The summed E-state index contributed by atoms with van der Waals surface area (Å²) in [4.78, 5) is 2.45. The molecule has 0 spiro atoms. The highest BCUT2D eigenvalue weighted by atomic mass is 16.5. The molecule has 1 aliphatic rings. The molecule has 1 aromatic carbocycles. The normalized spacial score (nSPS) is 17.3. The van der Waals surface area contributed by atoms with Gasteiger partial charge in [-0.15, -0.1) is 0 Å². The molecule has 1 N–H and O–H groups in total. The molecule has 1 fully saturated rings. The lowest BCUT2D eigenvalue weighted by molar-refractivity contribution is 0.0343. The Morgan fingerprint density at radius 1 is 1.17 bits per heavy atom. The smallest absolute Gasteiger partial charge is 0.161 e. The van der Waals surface area contributed by atoms with Crippen LogP contribution in [0, 0.1) is 0 Å². The van der Waals surface area contributed by atoms with Gasteiger partial charge in [-0.1, -0.05) is 6.07 Å². The summed E-state index contributed by atoms with van der Waals surface area (Å²) in [5.41, 5.74) is 1.20. The molecule has 0 aromatic heterocycles. The van der Waals surface area contributed by atoms with Crippen molar-refractivity contribution >= 4 is 0 Å². The molecule has 2 rings (SSSR count). The van der Waals surface area contributed by atoms with Gasteiger partial charge in [0.2, 0.25) is 0 Å². The van der Waals surface area contributed by atoms with E-state index in [4.69, 9.17) is 14.2 Å². The van der Waals surface area contributed by atoms with E-state index in [0.717, 1.165) is 50.9 Å². The number of ether oxygens (including phenoxy) is 3. The fourth-order valence-electron chi connectivity index (χ4n) is 2.70. The zero-order valence-corrected chi connectivity index (χ0v) is 14.8. The fraction of sp³-hybridized carbons (Fsp3) is 0.667. The van der Waals surface area contributed by atoms with Crippen LogP contribution in [0.1, 0.15) is 26.3 Å².